The van der Waals surface area contributed by atoms with Gasteiger partial charge < -0.3 is 10.6 Å². The van der Waals surface area contributed by atoms with Gasteiger partial charge in [0.25, 0.3) is 0 Å². The number of fused-ring (bicyclic) bond motifs is 1. The van der Waals surface area contributed by atoms with Crippen molar-refractivity contribution in [2.45, 2.75) is 6.92 Å². The van der Waals surface area contributed by atoms with E-state index in [4.69, 9.17) is 11.6 Å². The maximum Gasteiger partial charge on any atom is 0.221 e. The van der Waals surface area contributed by atoms with Gasteiger partial charge in [-0.15, -0.1) is 0 Å². The molecule has 0 unspecified atom stereocenters. The van der Waals surface area contributed by atoms with Crippen molar-refractivity contribution in [3.8, 4) is 0 Å². The maximum absolute atomic E-state index is 11.0. The lowest BCUT2D eigenvalue weighted by Gasteiger charge is -2.05. The molecule has 0 fully saturated rings. The van der Waals surface area contributed by atoms with Crippen LogP contribution in [0.25, 0.3) is 10.2 Å². The maximum atomic E-state index is 11.0. The van der Waals surface area contributed by atoms with Gasteiger partial charge in [-0.1, -0.05) is 22.9 Å². The molecular formula is C15H12ClN3OS. The van der Waals surface area contributed by atoms with Crippen LogP contribution in [0, 0.1) is 0 Å². The van der Waals surface area contributed by atoms with Crippen LogP contribution in [0.15, 0.2) is 42.5 Å². The minimum atomic E-state index is -0.0845. The number of carbonyl (C=O) groups is 1. The summed E-state index contributed by atoms with van der Waals surface area (Å²) in [6.07, 6.45) is 0. The summed E-state index contributed by atoms with van der Waals surface area (Å²) in [6, 6.07) is 13.1. The van der Waals surface area contributed by atoms with Crippen molar-refractivity contribution in [1.29, 1.82) is 0 Å². The van der Waals surface area contributed by atoms with Crippen molar-refractivity contribution in [1.82, 2.24) is 4.98 Å². The molecule has 2 N–H and O–H groups in total. The minimum absolute atomic E-state index is 0.0845. The van der Waals surface area contributed by atoms with Crippen LogP contribution in [0.1, 0.15) is 6.92 Å². The number of nitrogens with zero attached hydrogens (tertiary/aromatic N) is 1. The summed E-state index contributed by atoms with van der Waals surface area (Å²) in [5.41, 5.74) is 2.60. The van der Waals surface area contributed by atoms with Crippen LogP contribution in [-0.4, -0.2) is 10.9 Å². The van der Waals surface area contributed by atoms with Gasteiger partial charge in [0.1, 0.15) is 0 Å². The SMILES string of the molecule is CC(=O)Nc1ccc(Nc2nc3ccc(Cl)cc3s2)cc1. The van der Waals surface area contributed by atoms with E-state index in [0.29, 0.717) is 5.02 Å². The first-order chi connectivity index (χ1) is 10.1. The zero-order valence-corrected chi connectivity index (χ0v) is 12.8. The molecule has 0 bridgehead atoms. The molecule has 0 saturated carbocycles. The molecule has 1 amide bonds. The van der Waals surface area contributed by atoms with Gasteiger partial charge in [0, 0.05) is 23.3 Å². The van der Waals surface area contributed by atoms with Crippen LogP contribution in [0.3, 0.4) is 0 Å². The van der Waals surface area contributed by atoms with Crippen molar-refractivity contribution < 1.29 is 4.79 Å². The van der Waals surface area contributed by atoms with Gasteiger partial charge in [-0.05, 0) is 42.5 Å². The number of rotatable bonds is 3. The Labute approximate surface area is 130 Å². The number of aromatic nitrogens is 1. The van der Waals surface area contributed by atoms with Crippen LogP contribution in [0.2, 0.25) is 5.02 Å². The highest BCUT2D eigenvalue weighted by Crippen LogP contribution is 2.30. The summed E-state index contributed by atoms with van der Waals surface area (Å²) < 4.78 is 1.04. The Balaban J connectivity index is 1.79. The molecule has 3 aromatic rings. The Morgan fingerprint density at radius 3 is 2.57 bits per heavy atom. The van der Waals surface area contributed by atoms with Gasteiger partial charge in [-0.25, -0.2) is 4.98 Å². The molecule has 1 heterocycles. The number of amides is 1. The van der Waals surface area contributed by atoms with Gasteiger partial charge in [0.15, 0.2) is 5.13 Å². The first-order valence-corrected chi connectivity index (χ1v) is 7.50. The van der Waals surface area contributed by atoms with E-state index in [0.717, 1.165) is 26.7 Å². The normalized spacial score (nSPS) is 10.6. The fourth-order valence-electron chi connectivity index (χ4n) is 1.92. The molecular weight excluding hydrogens is 306 g/mol. The fraction of sp³-hybridized carbons (Fsp3) is 0.0667. The molecule has 6 heteroatoms. The molecule has 0 aliphatic carbocycles. The predicted octanol–water partition coefficient (Wildman–Crippen LogP) is 4.65. The Bertz CT molecular complexity index is 798. The lowest BCUT2D eigenvalue weighted by molar-refractivity contribution is -0.114. The van der Waals surface area contributed by atoms with E-state index in [2.05, 4.69) is 15.6 Å². The third kappa shape index (κ3) is 3.32. The first kappa shape index (κ1) is 13.9. The molecule has 21 heavy (non-hydrogen) atoms. The topological polar surface area (TPSA) is 54.0 Å². The van der Waals surface area contributed by atoms with E-state index in [9.17, 15) is 4.79 Å². The first-order valence-electron chi connectivity index (χ1n) is 6.31. The van der Waals surface area contributed by atoms with Crippen LogP contribution < -0.4 is 10.6 Å². The standard InChI is InChI=1S/C15H12ClN3OS/c1-9(20)17-11-3-5-12(6-4-11)18-15-19-13-7-2-10(16)8-14(13)21-15/h2-8H,1H3,(H,17,20)(H,18,19). The van der Waals surface area contributed by atoms with Crippen molar-refractivity contribution in [3.05, 3.63) is 47.5 Å². The molecule has 0 saturated heterocycles. The monoisotopic (exact) mass is 317 g/mol. The van der Waals surface area contributed by atoms with E-state index < -0.39 is 0 Å². The van der Waals surface area contributed by atoms with E-state index in [1.807, 2.05) is 42.5 Å². The van der Waals surface area contributed by atoms with Gasteiger partial charge in [-0.3, -0.25) is 4.79 Å². The second-order valence-corrected chi connectivity index (χ2v) is 5.98. The molecule has 0 aliphatic rings. The van der Waals surface area contributed by atoms with E-state index in [1.54, 1.807) is 11.3 Å². The second kappa shape index (κ2) is 5.71. The number of nitrogens with one attached hydrogen (secondary N) is 2. The van der Waals surface area contributed by atoms with Crippen LogP contribution in [0.5, 0.6) is 0 Å². The summed E-state index contributed by atoms with van der Waals surface area (Å²) in [7, 11) is 0. The average Bonchev–Trinajstić information content (AvgIpc) is 2.82. The highest BCUT2D eigenvalue weighted by Gasteiger charge is 2.05. The minimum Gasteiger partial charge on any atom is -0.332 e. The summed E-state index contributed by atoms with van der Waals surface area (Å²) >= 11 is 7.52. The molecule has 0 atom stereocenters. The van der Waals surface area contributed by atoms with E-state index in [-0.39, 0.29) is 5.91 Å². The molecule has 3 rings (SSSR count). The summed E-state index contributed by atoms with van der Waals surface area (Å²) in [5.74, 6) is -0.0845. The lowest BCUT2D eigenvalue weighted by Crippen LogP contribution is -2.05. The zero-order chi connectivity index (χ0) is 14.8. The van der Waals surface area contributed by atoms with Crippen LogP contribution in [-0.2, 0) is 4.79 Å². The Morgan fingerprint density at radius 2 is 1.86 bits per heavy atom. The molecule has 4 nitrogen and oxygen atoms in total. The lowest BCUT2D eigenvalue weighted by atomic mass is 10.3. The molecule has 0 spiro atoms. The highest BCUT2D eigenvalue weighted by molar-refractivity contribution is 7.22. The fourth-order valence-corrected chi connectivity index (χ4v) is 3.08. The second-order valence-electron chi connectivity index (χ2n) is 4.51. The van der Waals surface area contributed by atoms with Gasteiger partial charge in [-0.2, -0.15) is 0 Å². The van der Waals surface area contributed by atoms with Gasteiger partial charge >= 0.3 is 0 Å². The molecule has 0 radical (unpaired) electrons. The van der Waals surface area contributed by atoms with Gasteiger partial charge in [0.2, 0.25) is 5.91 Å². The number of carbonyl (C=O) groups excluding carboxylic acids is 1. The number of thiazole rings is 1. The Kier molecular flexibility index (Phi) is 3.77. The molecule has 2 aromatic carbocycles. The van der Waals surface area contributed by atoms with E-state index >= 15 is 0 Å². The largest absolute Gasteiger partial charge is 0.332 e. The van der Waals surface area contributed by atoms with Crippen LogP contribution in [0.4, 0.5) is 16.5 Å². The zero-order valence-electron chi connectivity index (χ0n) is 11.2. The number of hydrogen-bond acceptors (Lipinski definition) is 4. The van der Waals surface area contributed by atoms with Crippen molar-refractivity contribution in [2.75, 3.05) is 10.6 Å². The van der Waals surface area contributed by atoms with E-state index in [1.165, 1.54) is 6.92 Å². The molecule has 106 valence electrons. The third-order valence-electron chi connectivity index (χ3n) is 2.81. The molecule has 0 aliphatic heterocycles. The van der Waals surface area contributed by atoms with Crippen molar-refractivity contribution >= 4 is 55.6 Å². The smallest absolute Gasteiger partial charge is 0.221 e. The number of halogens is 1. The number of benzene rings is 2. The summed E-state index contributed by atoms with van der Waals surface area (Å²) in [6.45, 7) is 1.48. The highest BCUT2D eigenvalue weighted by atomic mass is 35.5. The molecule has 1 aromatic heterocycles. The van der Waals surface area contributed by atoms with Gasteiger partial charge in [0.05, 0.1) is 10.2 Å². The third-order valence-corrected chi connectivity index (χ3v) is 3.98. The number of anilines is 3. The average molecular weight is 318 g/mol. The summed E-state index contributed by atoms with van der Waals surface area (Å²) in [5, 5.41) is 7.49. The quantitative estimate of drug-likeness (QED) is 0.739. The van der Waals surface area contributed by atoms with Crippen molar-refractivity contribution in [3.63, 3.8) is 0 Å². The Morgan fingerprint density at radius 1 is 1.14 bits per heavy atom. The Hall–Kier alpha value is -2.11. The number of hydrogen-bond donors (Lipinski definition) is 2. The van der Waals surface area contributed by atoms with Crippen molar-refractivity contribution in [2.24, 2.45) is 0 Å². The van der Waals surface area contributed by atoms with Crippen LogP contribution >= 0.6 is 22.9 Å². The summed E-state index contributed by atoms with van der Waals surface area (Å²) in [4.78, 5) is 15.5. The predicted molar refractivity (Wildman–Crippen MR) is 88.7 cm³/mol.